The summed E-state index contributed by atoms with van der Waals surface area (Å²) in [7, 11) is 5.30. The van der Waals surface area contributed by atoms with E-state index >= 15 is 0 Å². The van der Waals surface area contributed by atoms with Crippen molar-refractivity contribution in [2.45, 2.75) is 19.4 Å². The van der Waals surface area contributed by atoms with E-state index in [4.69, 9.17) is 0 Å². The van der Waals surface area contributed by atoms with E-state index in [-0.39, 0.29) is 17.9 Å². The Kier molecular flexibility index (Phi) is 5.17. The zero-order valence-electron chi connectivity index (χ0n) is 14.8. The van der Waals surface area contributed by atoms with Crippen molar-refractivity contribution in [1.82, 2.24) is 23.4 Å². The summed E-state index contributed by atoms with van der Waals surface area (Å²) in [5.41, 5.74) is 2.78. The van der Waals surface area contributed by atoms with E-state index < -0.39 is 0 Å². The van der Waals surface area contributed by atoms with Crippen molar-refractivity contribution in [3.8, 4) is 0 Å². The molecule has 1 aliphatic rings. The van der Waals surface area contributed by atoms with Crippen LogP contribution in [0.15, 0.2) is 18.2 Å². The number of likely N-dealkylation sites (tertiary alicyclic amines) is 1. The molecular formula is C17H23N5O2S. The highest BCUT2D eigenvalue weighted by molar-refractivity contribution is 7.00. The molecule has 8 heteroatoms. The fraction of sp³-hybridized carbons (Fsp3) is 0.529. The van der Waals surface area contributed by atoms with Crippen molar-refractivity contribution in [2.24, 2.45) is 5.92 Å². The average Bonchev–Trinajstić information content (AvgIpc) is 3.08. The Hall–Kier alpha value is -2.22. The van der Waals surface area contributed by atoms with Gasteiger partial charge in [0.25, 0.3) is 0 Å². The van der Waals surface area contributed by atoms with Crippen LogP contribution in [0.5, 0.6) is 0 Å². The molecular weight excluding hydrogens is 338 g/mol. The number of nitrogens with zero attached hydrogens (tertiary/aromatic N) is 5. The summed E-state index contributed by atoms with van der Waals surface area (Å²) in [5.74, 6) is -0.0416. The van der Waals surface area contributed by atoms with E-state index in [1.165, 1.54) is 11.7 Å². The molecule has 0 N–H and O–H groups in total. The Morgan fingerprint density at radius 3 is 2.76 bits per heavy atom. The maximum absolute atomic E-state index is 12.8. The monoisotopic (exact) mass is 361 g/mol. The summed E-state index contributed by atoms with van der Waals surface area (Å²) >= 11 is 1.19. The highest BCUT2D eigenvalue weighted by Gasteiger charge is 2.30. The molecule has 0 aliphatic carbocycles. The maximum Gasteiger partial charge on any atom is 0.319 e. The van der Waals surface area contributed by atoms with Crippen LogP contribution in [0.2, 0.25) is 0 Å². The first-order chi connectivity index (χ1) is 12.0. The molecule has 7 nitrogen and oxygen atoms in total. The highest BCUT2D eigenvalue weighted by atomic mass is 32.1. The minimum absolute atomic E-state index is 0.0263. The van der Waals surface area contributed by atoms with Crippen molar-refractivity contribution in [1.29, 1.82) is 0 Å². The van der Waals surface area contributed by atoms with Gasteiger partial charge in [0, 0.05) is 40.8 Å². The molecule has 3 rings (SSSR count). The quantitative estimate of drug-likeness (QED) is 0.839. The number of aromatic nitrogens is 2. The largest absolute Gasteiger partial charge is 0.341 e. The van der Waals surface area contributed by atoms with E-state index in [2.05, 4.69) is 8.75 Å². The third-order valence-corrected chi connectivity index (χ3v) is 5.09. The van der Waals surface area contributed by atoms with Crippen molar-refractivity contribution in [3.63, 3.8) is 0 Å². The molecule has 25 heavy (non-hydrogen) atoms. The molecule has 1 saturated heterocycles. The van der Waals surface area contributed by atoms with Crippen LogP contribution in [0, 0.1) is 5.92 Å². The summed E-state index contributed by atoms with van der Waals surface area (Å²) in [6.45, 7) is 1.75. The number of hydrogen-bond donors (Lipinski definition) is 0. The number of fused-ring (bicyclic) bond motifs is 1. The lowest BCUT2D eigenvalue weighted by Gasteiger charge is -2.35. The first-order valence-electron chi connectivity index (χ1n) is 8.38. The molecule has 0 bridgehead atoms. The van der Waals surface area contributed by atoms with Gasteiger partial charge in [-0.05, 0) is 30.5 Å². The first kappa shape index (κ1) is 17.6. The van der Waals surface area contributed by atoms with Crippen LogP contribution in [0.25, 0.3) is 11.0 Å². The van der Waals surface area contributed by atoms with Gasteiger partial charge in [0.2, 0.25) is 5.91 Å². The Bertz CT molecular complexity index is 775. The zero-order valence-corrected chi connectivity index (χ0v) is 15.6. The number of hydrogen-bond acceptors (Lipinski definition) is 5. The molecule has 1 aliphatic heterocycles. The topological polar surface area (TPSA) is 69.6 Å². The van der Waals surface area contributed by atoms with Crippen LogP contribution >= 0.6 is 11.7 Å². The predicted molar refractivity (Wildman–Crippen MR) is 97.3 cm³/mol. The van der Waals surface area contributed by atoms with E-state index in [9.17, 15) is 9.59 Å². The normalized spacial score (nSPS) is 17.6. The number of urea groups is 1. The summed E-state index contributed by atoms with van der Waals surface area (Å²) in [6, 6.07) is 5.87. The SMILES string of the molecule is CN(C)C(=O)N1CCCC(C(=O)N(C)Cc2ccc3nsnc3c2)C1. The molecule has 134 valence electrons. The van der Waals surface area contributed by atoms with Gasteiger partial charge in [0.05, 0.1) is 17.6 Å². The zero-order chi connectivity index (χ0) is 18.0. The number of rotatable bonds is 3. The van der Waals surface area contributed by atoms with Crippen LogP contribution in [0.1, 0.15) is 18.4 Å². The van der Waals surface area contributed by atoms with Gasteiger partial charge in [-0.3, -0.25) is 4.79 Å². The Balaban J connectivity index is 1.64. The summed E-state index contributed by atoms with van der Waals surface area (Å²) in [5, 5.41) is 0. The van der Waals surface area contributed by atoms with Crippen LogP contribution < -0.4 is 0 Å². The molecule has 1 fully saturated rings. The number of piperidine rings is 1. The number of carbonyl (C=O) groups is 2. The minimum Gasteiger partial charge on any atom is -0.341 e. The Morgan fingerprint density at radius 2 is 2.00 bits per heavy atom. The molecule has 2 aromatic rings. The Labute approximate surface area is 151 Å². The van der Waals surface area contributed by atoms with Gasteiger partial charge >= 0.3 is 6.03 Å². The maximum atomic E-state index is 12.8. The van der Waals surface area contributed by atoms with Gasteiger partial charge in [0.15, 0.2) is 0 Å². The van der Waals surface area contributed by atoms with Gasteiger partial charge in [-0.25, -0.2) is 4.79 Å². The highest BCUT2D eigenvalue weighted by Crippen LogP contribution is 2.21. The van der Waals surface area contributed by atoms with Gasteiger partial charge in [0.1, 0.15) is 11.0 Å². The lowest BCUT2D eigenvalue weighted by atomic mass is 9.96. The summed E-state index contributed by atoms with van der Waals surface area (Å²) in [4.78, 5) is 30.0. The second kappa shape index (κ2) is 7.35. The molecule has 2 heterocycles. The summed E-state index contributed by atoms with van der Waals surface area (Å²) in [6.07, 6.45) is 1.69. The molecule has 1 unspecified atom stereocenters. The van der Waals surface area contributed by atoms with Crippen molar-refractivity contribution < 1.29 is 9.59 Å². The van der Waals surface area contributed by atoms with E-state index in [0.717, 1.165) is 36.0 Å². The first-order valence-corrected chi connectivity index (χ1v) is 9.11. The van der Waals surface area contributed by atoms with Crippen LogP contribution in [-0.2, 0) is 11.3 Å². The lowest BCUT2D eigenvalue weighted by molar-refractivity contribution is -0.136. The molecule has 0 spiro atoms. The standard InChI is InChI=1S/C17H23N5O2S/c1-20(2)17(24)22-8-4-5-13(11-22)16(23)21(3)10-12-6-7-14-15(9-12)19-25-18-14/h6-7,9,13H,4-5,8,10-11H2,1-3H3. The van der Waals surface area contributed by atoms with E-state index in [1.54, 1.807) is 28.8 Å². The van der Waals surface area contributed by atoms with Gasteiger partial charge in [-0.15, -0.1) is 0 Å². The van der Waals surface area contributed by atoms with Gasteiger partial charge in [-0.1, -0.05) is 6.07 Å². The molecule has 1 aromatic carbocycles. The van der Waals surface area contributed by atoms with Crippen molar-refractivity contribution in [2.75, 3.05) is 34.2 Å². The molecule has 0 radical (unpaired) electrons. The third kappa shape index (κ3) is 3.89. The fourth-order valence-corrected chi connectivity index (χ4v) is 3.74. The lowest BCUT2D eigenvalue weighted by Crippen LogP contribution is -2.48. The van der Waals surface area contributed by atoms with E-state index in [1.807, 2.05) is 25.2 Å². The molecule has 1 aromatic heterocycles. The second-order valence-corrected chi connectivity index (χ2v) is 7.27. The van der Waals surface area contributed by atoms with Crippen LogP contribution in [0.4, 0.5) is 4.79 Å². The predicted octanol–water partition coefficient (Wildman–Crippen LogP) is 2.04. The van der Waals surface area contributed by atoms with Crippen molar-refractivity contribution in [3.05, 3.63) is 23.8 Å². The molecule has 1 atom stereocenters. The van der Waals surface area contributed by atoms with Gasteiger partial charge in [-0.2, -0.15) is 8.75 Å². The second-order valence-electron chi connectivity index (χ2n) is 6.74. The van der Waals surface area contributed by atoms with E-state index in [0.29, 0.717) is 13.1 Å². The van der Waals surface area contributed by atoms with Crippen LogP contribution in [-0.4, -0.2) is 69.6 Å². The van der Waals surface area contributed by atoms with Crippen molar-refractivity contribution >= 4 is 34.7 Å². The number of amides is 3. The fourth-order valence-electron chi connectivity index (χ4n) is 3.22. The number of carbonyl (C=O) groups excluding carboxylic acids is 2. The Morgan fingerprint density at radius 1 is 1.24 bits per heavy atom. The number of benzene rings is 1. The third-order valence-electron chi connectivity index (χ3n) is 4.54. The van der Waals surface area contributed by atoms with Gasteiger partial charge < -0.3 is 14.7 Å². The average molecular weight is 361 g/mol. The van der Waals surface area contributed by atoms with Crippen LogP contribution in [0.3, 0.4) is 0 Å². The molecule has 3 amide bonds. The smallest absolute Gasteiger partial charge is 0.319 e. The summed E-state index contributed by atoms with van der Waals surface area (Å²) < 4.78 is 8.44. The minimum atomic E-state index is -0.132. The molecule has 0 saturated carbocycles.